The largest absolute Gasteiger partial charge is 0.383 e. The van der Waals surface area contributed by atoms with Gasteiger partial charge in [-0.3, -0.25) is 9.59 Å². The van der Waals surface area contributed by atoms with Crippen molar-refractivity contribution in [3.05, 3.63) is 33.8 Å². The summed E-state index contributed by atoms with van der Waals surface area (Å²) >= 11 is 12.0. The van der Waals surface area contributed by atoms with E-state index in [1.807, 2.05) is 6.07 Å². The molecule has 2 rings (SSSR count). The van der Waals surface area contributed by atoms with Crippen molar-refractivity contribution < 1.29 is 14.3 Å². The van der Waals surface area contributed by atoms with Gasteiger partial charge < -0.3 is 15.0 Å². The topological polar surface area (TPSA) is 58.6 Å². The maximum Gasteiger partial charge on any atom is 0.225 e. The molecular weight excluding hydrogens is 339 g/mol. The minimum Gasteiger partial charge on any atom is -0.383 e. The van der Waals surface area contributed by atoms with E-state index in [4.69, 9.17) is 27.9 Å². The lowest BCUT2D eigenvalue weighted by atomic mass is 10.1. The number of halogens is 2. The van der Waals surface area contributed by atoms with E-state index < -0.39 is 0 Å². The van der Waals surface area contributed by atoms with Crippen LogP contribution in [0.2, 0.25) is 10.0 Å². The average Bonchev–Trinajstić information content (AvgIpc) is 2.88. The molecule has 1 heterocycles. The smallest absolute Gasteiger partial charge is 0.225 e. The van der Waals surface area contributed by atoms with Gasteiger partial charge in [0.1, 0.15) is 0 Å². The van der Waals surface area contributed by atoms with Crippen molar-refractivity contribution in [1.29, 1.82) is 0 Å². The van der Waals surface area contributed by atoms with Crippen LogP contribution < -0.4 is 5.32 Å². The first kappa shape index (κ1) is 18.0. The Hall–Kier alpha value is -1.30. The third-order valence-electron chi connectivity index (χ3n) is 3.86. The van der Waals surface area contributed by atoms with E-state index >= 15 is 0 Å². The number of amides is 2. The summed E-state index contributed by atoms with van der Waals surface area (Å²) in [6.45, 7) is 1.91. The Kier molecular flexibility index (Phi) is 6.69. The highest BCUT2D eigenvalue weighted by Crippen LogP contribution is 2.23. The number of hydrogen-bond donors (Lipinski definition) is 1. The van der Waals surface area contributed by atoms with E-state index in [0.29, 0.717) is 42.7 Å². The quantitative estimate of drug-likeness (QED) is 0.759. The van der Waals surface area contributed by atoms with Crippen molar-refractivity contribution in [2.75, 3.05) is 33.4 Å². The molecule has 0 bridgehead atoms. The Balaban J connectivity index is 1.84. The third-order valence-corrected chi connectivity index (χ3v) is 4.44. The van der Waals surface area contributed by atoms with Crippen molar-refractivity contribution >= 4 is 35.0 Å². The molecule has 0 aromatic heterocycles. The number of nitrogens with zero attached hydrogens (tertiary/aromatic N) is 1. The summed E-state index contributed by atoms with van der Waals surface area (Å²) in [6, 6.07) is 5.33. The lowest BCUT2D eigenvalue weighted by Crippen LogP contribution is -2.35. The van der Waals surface area contributed by atoms with Crippen LogP contribution >= 0.6 is 23.2 Å². The molecule has 1 aliphatic heterocycles. The molecule has 0 aliphatic carbocycles. The van der Waals surface area contributed by atoms with Gasteiger partial charge in [0.2, 0.25) is 11.8 Å². The first-order valence-corrected chi connectivity index (χ1v) is 8.25. The van der Waals surface area contributed by atoms with Gasteiger partial charge in [0.25, 0.3) is 0 Å². The number of ether oxygens (including phenoxy) is 1. The van der Waals surface area contributed by atoms with Crippen LogP contribution in [0.5, 0.6) is 0 Å². The summed E-state index contributed by atoms with van der Waals surface area (Å²) in [5.74, 6) is -0.385. The fourth-order valence-electron chi connectivity index (χ4n) is 2.56. The van der Waals surface area contributed by atoms with Crippen LogP contribution in [0.1, 0.15) is 12.0 Å². The number of likely N-dealkylation sites (tertiary alicyclic amines) is 1. The molecular formula is C16H20Cl2N2O3. The lowest BCUT2D eigenvalue weighted by Gasteiger charge is -2.17. The van der Waals surface area contributed by atoms with Crippen molar-refractivity contribution in [3.8, 4) is 0 Å². The van der Waals surface area contributed by atoms with Gasteiger partial charge in [0, 0.05) is 43.2 Å². The van der Waals surface area contributed by atoms with Crippen molar-refractivity contribution in [2.24, 2.45) is 5.92 Å². The van der Waals surface area contributed by atoms with Crippen LogP contribution in [-0.2, 0) is 20.7 Å². The number of carbonyl (C=O) groups is 2. The van der Waals surface area contributed by atoms with Gasteiger partial charge >= 0.3 is 0 Å². The number of nitrogens with one attached hydrogen (secondary N) is 1. The Morgan fingerprint density at radius 3 is 2.91 bits per heavy atom. The van der Waals surface area contributed by atoms with Crippen LogP contribution in [0, 0.1) is 5.92 Å². The Morgan fingerprint density at radius 2 is 2.22 bits per heavy atom. The SMILES string of the molecule is COCCNC(=O)C1CC(=O)N(CCc2ccc(Cl)cc2Cl)C1. The maximum atomic E-state index is 12.0. The summed E-state index contributed by atoms with van der Waals surface area (Å²) in [6.07, 6.45) is 0.896. The normalized spacial score (nSPS) is 17.6. The van der Waals surface area contributed by atoms with Crippen molar-refractivity contribution in [1.82, 2.24) is 10.2 Å². The van der Waals surface area contributed by atoms with Gasteiger partial charge in [-0.2, -0.15) is 0 Å². The molecule has 0 spiro atoms. The minimum atomic E-state index is -0.292. The molecule has 1 N–H and O–H groups in total. The van der Waals surface area contributed by atoms with Crippen LogP contribution in [0.25, 0.3) is 0 Å². The van der Waals surface area contributed by atoms with E-state index in [-0.39, 0.29) is 24.2 Å². The number of hydrogen-bond acceptors (Lipinski definition) is 3. The molecule has 126 valence electrons. The molecule has 0 saturated carbocycles. The Labute approximate surface area is 145 Å². The molecule has 1 atom stereocenters. The van der Waals surface area contributed by atoms with Crippen LogP contribution in [0.3, 0.4) is 0 Å². The fourth-order valence-corrected chi connectivity index (χ4v) is 3.07. The fraction of sp³-hybridized carbons (Fsp3) is 0.500. The molecule has 5 nitrogen and oxygen atoms in total. The molecule has 7 heteroatoms. The number of benzene rings is 1. The van der Waals surface area contributed by atoms with Crippen molar-refractivity contribution in [3.63, 3.8) is 0 Å². The molecule has 1 aromatic carbocycles. The maximum absolute atomic E-state index is 12.0. The predicted octanol–water partition coefficient (Wildman–Crippen LogP) is 2.15. The van der Waals surface area contributed by atoms with Crippen LogP contribution in [0.15, 0.2) is 18.2 Å². The first-order chi connectivity index (χ1) is 11.0. The zero-order valence-corrected chi connectivity index (χ0v) is 14.5. The molecule has 1 fully saturated rings. The molecule has 1 saturated heterocycles. The number of carbonyl (C=O) groups excluding carboxylic acids is 2. The van der Waals surface area contributed by atoms with E-state index in [1.165, 1.54) is 0 Å². The van der Waals surface area contributed by atoms with Crippen LogP contribution in [-0.4, -0.2) is 50.1 Å². The standard InChI is InChI=1S/C16H20Cl2N2O3/c1-23-7-5-19-16(22)12-8-15(21)20(10-12)6-4-11-2-3-13(17)9-14(11)18/h2-3,9,12H,4-8,10H2,1H3,(H,19,22). The predicted molar refractivity (Wildman–Crippen MR) is 89.7 cm³/mol. The zero-order valence-electron chi connectivity index (χ0n) is 13.0. The third kappa shape index (κ3) is 5.09. The van der Waals surface area contributed by atoms with Gasteiger partial charge in [-0.05, 0) is 24.1 Å². The van der Waals surface area contributed by atoms with Gasteiger partial charge in [-0.15, -0.1) is 0 Å². The molecule has 1 unspecified atom stereocenters. The van der Waals surface area contributed by atoms with E-state index in [2.05, 4.69) is 5.32 Å². The Bertz CT molecular complexity index is 580. The van der Waals surface area contributed by atoms with Crippen molar-refractivity contribution in [2.45, 2.75) is 12.8 Å². The second-order valence-electron chi connectivity index (χ2n) is 5.51. The molecule has 1 aliphatic rings. The van der Waals surface area contributed by atoms with Gasteiger partial charge in [0.05, 0.1) is 12.5 Å². The van der Waals surface area contributed by atoms with Gasteiger partial charge in [-0.25, -0.2) is 0 Å². The second-order valence-corrected chi connectivity index (χ2v) is 6.35. The lowest BCUT2D eigenvalue weighted by molar-refractivity contribution is -0.129. The highest BCUT2D eigenvalue weighted by Gasteiger charge is 2.33. The molecule has 1 aromatic rings. The molecule has 2 amide bonds. The van der Waals surface area contributed by atoms with Crippen LogP contribution in [0.4, 0.5) is 0 Å². The van der Waals surface area contributed by atoms with Gasteiger partial charge in [0.15, 0.2) is 0 Å². The van der Waals surface area contributed by atoms with E-state index in [0.717, 1.165) is 5.56 Å². The zero-order chi connectivity index (χ0) is 16.8. The van der Waals surface area contributed by atoms with Gasteiger partial charge in [-0.1, -0.05) is 29.3 Å². The molecule has 0 radical (unpaired) electrons. The first-order valence-electron chi connectivity index (χ1n) is 7.49. The summed E-state index contributed by atoms with van der Waals surface area (Å²) in [4.78, 5) is 25.8. The Morgan fingerprint density at radius 1 is 1.43 bits per heavy atom. The summed E-state index contributed by atoms with van der Waals surface area (Å²) in [5, 5.41) is 3.96. The monoisotopic (exact) mass is 358 g/mol. The minimum absolute atomic E-state index is 0.00183. The van der Waals surface area contributed by atoms with E-state index in [9.17, 15) is 9.59 Å². The second kappa shape index (κ2) is 8.52. The number of rotatable bonds is 7. The highest BCUT2D eigenvalue weighted by molar-refractivity contribution is 6.35. The van der Waals surface area contributed by atoms with E-state index in [1.54, 1.807) is 24.1 Å². The summed E-state index contributed by atoms with van der Waals surface area (Å²) in [5.41, 5.74) is 0.942. The molecule has 23 heavy (non-hydrogen) atoms. The average molecular weight is 359 g/mol. The number of methoxy groups -OCH3 is 1. The summed E-state index contributed by atoms with van der Waals surface area (Å²) < 4.78 is 4.89. The summed E-state index contributed by atoms with van der Waals surface area (Å²) in [7, 11) is 1.58. The highest BCUT2D eigenvalue weighted by atomic mass is 35.5.